The summed E-state index contributed by atoms with van der Waals surface area (Å²) in [5.41, 5.74) is 5.39. The van der Waals surface area contributed by atoms with Crippen molar-refractivity contribution in [2.45, 2.75) is 57.5 Å². The molecule has 0 bridgehead atoms. The van der Waals surface area contributed by atoms with Gasteiger partial charge in [-0.15, -0.1) is 0 Å². The second-order valence-electron chi connectivity index (χ2n) is 8.14. The van der Waals surface area contributed by atoms with Crippen LogP contribution in [0.2, 0.25) is 0 Å². The fourth-order valence-electron chi connectivity index (χ4n) is 4.30. The summed E-state index contributed by atoms with van der Waals surface area (Å²) in [6.45, 7) is 0. The van der Waals surface area contributed by atoms with Crippen LogP contribution in [0, 0.1) is 0 Å². The number of ether oxygens (including phenoxy) is 2. The summed E-state index contributed by atoms with van der Waals surface area (Å²) in [5, 5.41) is 0. The zero-order valence-corrected chi connectivity index (χ0v) is 17.8. The Bertz CT molecular complexity index is 918. The average molecular weight is 402 g/mol. The van der Waals surface area contributed by atoms with Crippen LogP contribution in [0.5, 0.6) is 11.5 Å². The number of hydrogen-bond acceptors (Lipinski definition) is 3. The highest BCUT2D eigenvalue weighted by Crippen LogP contribution is 2.35. The normalized spacial score (nSPS) is 14.0. The number of rotatable bonds is 9. The fourth-order valence-corrected chi connectivity index (χ4v) is 4.30. The zero-order valence-electron chi connectivity index (χ0n) is 17.8. The molecule has 3 aromatic rings. The second kappa shape index (κ2) is 10.3. The summed E-state index contributed by atoms with van der Waals surface area (Å²) in [7, 11) is 1.74. The fraction of sp³-hybridized carbons (Fsp3) is 0.370. The van der Waals surface area contributed by atoms with Crippen LogP contribution >= 0.6 is 0 Å². The van der Waals surface area contributed by atoms with Crippen molar-refractivity contribution in [1.29, 1.82) is 0 Å². The third-order valence-corrected chi connectivity index (χ3v) is 6.04. The third kappa shape index (κ3) is 5.41. The van der Waals surface area contributed by atoms with Crippen LogP contribution < -0.4 is 9.47 Å². The minimum absolute atomic E-state index is 0.321. The molecule has 1 fully saturated rings. The number of methoxy groups -OCH3 is 1. The minimum atomic E-state index is 0.321. The van der Waals surface area contributed by atoms with Gasteiger partial charge in [-0.3, -0.25) is 4.98 Å². The molecule has 4 rings (SSSR count). The maximum absolute atomic E-state index is 6.37. The number of pyridine rings is 1. The van der Waals surface area contributed by atoms with Gasteiger partial charge >= 0.3 is 0 Å². The van der Waals surface area contributed by atoms with E-state index in [0.717, 1.165) is 50.0 Å². The van der Waals surface area contributed by atoms with Gasteiger partial charge in [0, 0.05) is 12.4 Å². The molecule has 0 amide bonds. The Kier molecular flexibility index (Phi) is 7.02. The van der Waals surface area contributed by atoms with Gasteiger partial charge in [-0.05, 0) is 97.9 Å². The molecule has 1 aliphatic carbocycles. The lowest BCUT2D eigenvalue weighted by atomic mass is 9.95. The first kappa shape index (κ1) is 20.5. The minimum Gasteiger partial charge on any atom is -0.493 e. The van der Waals surface area contributed by atoms with E-state index in [1.807, 2.05) is 12.4 Å². The van der Waals surface area contributed by atoms with Crippen LogP contribution in [0.15, 0.2) is 67.0 Å². The summed E-state index contributed by atoms with van der Waals surface area (Å²) in [4.78, 5) is 4.14. The van der Waals surface area contributed by atoms with Gasteiger partial charge in [0.05, 0.1) is 13.2 Å². The van der Waals surface area contributed by atoms with E-state index in [0.29, 0.717) is 6.10 Å². The first-order valence-electron chi connectivity index (χ1n) is 11.1. The molecular formula is C27H31NO2. The van der Waals surface area contributed by atoms with Crippen molar-refractivity contribution in [3.8, 4) is 11.5 Å². The smallest absolute Gasteiger partial charge is 0.161 e. The van der Waals surface area contributed by atoms with Gasteiger partial charge in [0.1, 0.15) is 0 Å². The Morgan fingerprint density at radius 2 is 1.37 bits per heavy atom. The predicted octanol–water partition coefficient (Wildman–Crippen LogP) is 5.98. The van der Waals surface area contributed by atoms with E-state index >= 15 is 0 Å². The Morgan fingerprint density at radius 3 is 2.00 bits per heavy atom. The Hall–Kier alpha value is -2.81. The monoisotopic (exact) mass is 401 g/mol. The molecule has 0 radical (unpaired) electrons. The maximum atomic E-state index is 6.37. The van der Waals surface area contributed by atoms with E-state index in [1.165, 1.54) is 35.1 Å². The van der Waals surface area contributed by atoms with Crippen molar-refractivity contribution in [2.24, 2.45) is 0 Å². The summed E-state index contributed by atoms with van der Waals surface area (Å²) in [6.07, 6.45) is 12.9. The van der Waals surface area contributed by atoms with Gasteiger partial charge in [-0.2, -0.15) is 0 Å². The molecule has 0 N–H and O–H groups in total. The molecule has 1 aromatic heterocycles. The highest BCUT2D eigenvalue weighted by atomic mass is 16.5. The third-order valence-electron chi connectivity index (χ3n) is 6.04. The van der Waals surface area contributed by atoms with Crippen molar-refractivity contribution >= 4 is 0 Å². The summed E-state index contributed by atoms with van der Waals surface area (Å²) in [5.74, 6) is 1.76. The number of benzene rings is 2. The molecule has 2 aromatic carbocycles. The largest absolute Gasteiger partial charge is 0.493 e. The van der Waals surface area contributed by atoms with Crippen molar-refractivity contribution in [3.63, 3.8) is 0 Å². The molecule has 156 valence electrons. The topological polar surface area (TPSA) is 31.4 Å². The van der Waals surface area contributed by atoms with E-state index in [9.17, 15) is 0 Å². The molecule has 3 nitrogen and oxygen atoms in total. The van der Waals surface area contributed by atoms with E-state index in [2.05, 4.69) is 59.6 Å². The summed E-state index contributed by atoms with van der Waals surface area (Å²) >= 11 is 0. The lowest BCUT2D eigenvalue weighted by Gasteiger charge is -2.19. The summed E-state index contributed by atoms with van der Waals surface area (Å²) < 4.78 is 12.1. The van der Waals surface area contributed by atoms with E-state index in [4.69, 9.17) is 9.47 Å². The molecule has 0 atom stereocenters. The van der Waals surface area contributed by atoms with Crippen LogP contribution in [-0.4, -0.2) is 18.2 Å². The lowest BCUT2D eigenvalue weighted by molar-refractivity contribution is 0.200. The lowest BCUT2D eigenvalue weighted by Crippen LogP contribution is -2.12. The van der Waals surface area contributed by atoms with Gasteiger partial charge in [-0.25, -0.2) is 0 Å². The molecule has 0 spiro atoms. The van der Waals surface area contributed by atoms with Crippen LogP contribution in [0.4, 0.5) is 0 Å². The van der Waals surface area contributed by atoms with Crippen molar-refractivity contribution in [1.82, 2.24) is 4.98 Å². The van der Waals surface area contributed by atoms with Crippen molar-refractivity contribution < 1.29 is 9.47 Å². The number of hydrogen-bond donors (Lipinski definition) is 0. The maximum Gasteiger partial charge on any atom is 0.161 e. The van der Waals surface area contributed by atoms with Crippen LogP contribution in [-0.2, 0) is 25.7 Å². The molecule has 1 aliphatic rings. The van der Waals surface area contributed by atoms with Crippen LogP contribution in [0.3, 0.4) is 0 Å². The Morgan fingerprint density at radius 1 is 0.767 bits per heavy atom. The number of nitrogens with zero attached hydrogens (tertiary/aromatic N) is 1. The highest BCUT2D eigenvalue weighted by molar-refractivity contribution is 5.48. The predicted molar refractivity (Wildman–Crippen MR) is 121 cm³/mol. The van der Waals surface area contributed by atoms with E-state index in [-0.39, 0.29) is 0 Å². The van der Waals surface area contributed by atoms with Crippen molar-refractivity contribution in [3.05, 3.63) is 89.2 Å². The summed E-state index contributed by atoms with van der Waals surface area (Å²) in [6, 6.07) is 19.3. The quantitative estimate of drug-likeness (QED) is 0.442. The van der Waals surface area contributed by atoms with Crippen LogP contribution in [0.25, 0.3) is 0 Å². The molecule has 0 unspecified atom stereocenters. The second-order valence-corrected chi connectivity index (χ2v) is 8.14. The standard InChI is InChI=1S/C27H31NO2/c1-29-26-19-23(13-11-21-7-3-2-4-8-21)24(14-12-22-15-17-28-18-16-22)20-27(26)30-25-9-5-6-10-25/h2-4,7-8,15-20,25H,5-6,9-14H2,1H3. The molecule has 0 aliphatic heterocycles. The molecular weight excluding hydrogens is 370 g/mol. The first-order chi connectivity index (χ1) is 14.8. The molecule has 3 heteroatoms. The number of aromatic nitrogens is 1. The average Bonchev–Trinajstić information content (AvgIpc) is 3.31. The van der Waals surface area contributed by atoms with E-state index < -0.39 is 0 Å². The van der Waals surface area contributed by atoms with Gasteiger partial charge in [0.2, 0.25) is 0 Å². The molecule has 1 saturated carbocycles. The molecule has 30 heavy (non-hydrogen) atoms. The van der Waals surface area contributed by atoms with Crippen molar-refractivity contribution in [2.75, 3.05) is 7.11 Å². The Balaban J connectivity index is 1.57. The highest BCUT2D eigenvalue weighted by Gasteiger charge is 2.20. The molecule has 1 heterocycles. The van der Waals surface area contributed by atoms with Crippen LogP contribution in [0.1, 0.15) is 47.9 Å². The Labute approximate surface area is 180 Å². The zero-order chi connectivity index (χ0) is 20.6. The number of aryl methyl sites for hydroxylation is 4. The van der Waals surface area contributed by atoms with Gasteiger partial charge in [0.15, 0.2) is 11.5 Å². The van der Waals surface area contributed by atoms with Gasteiger partial charge < -0.3 is 9.47 Å². The SMILES string of the molecule is COc1cc(CCc2ccccc2)c(CCc2ccncc2)cc1OC1CCCC1. The van der Waals surface area contributed by atoms with Gasteiger partial charge in [0.25, 0.3) is 0 Å². The first-order valence-corrected chi connectivity index (χ1v) is 11.1. The molecule has 0 saturated heterocycles. The van der Waals surface area contributed by atoms with Gasteiger partial charge in [-0.1, -0.05) is 30.3 Å². The van der Waals surface area contributed by atoms with E-state index in [1.54, 1.807) is 7.11 Å².